The molecule has 0 N–H and O–H groups in total. The molecule has 0 aliphatic rings. The highest BCUT2D eigenvalue weighted by atomic mass is 31.3. The van der Waals surface area contributed by atoms with Crippen molar-refractivity contribution in [2.24, 2.45) is 0 Å². The molecule has 0 aliphatic carbocycles. The van der Waals surface area contributed by atoms with Gasteiger partial charge in [-0.25, -0.2) is 0 Å². The predicted molar refractivity (Wildman–Crippen MR) is 72.4 cm³/mol. The van der Waals surface area contributed by atoms with Crippen LogP contribution < -0.4 is 0 Å². The first-order chi connectivity index (χ1) is 7.03. The average molecular weight is 238 g/mol. The Bertz CT molecular complexity index is 327. The quantitative estimate of drug-likeness (QED) is 0.569. The molecule has 1 aromatic rings. The van der Waals surface area contributed by atoms with Crippen LogP contribution in [0, 0.1) is 0 Å². The molecule has 0 saturated heterocycles. The lowest BCUT2D eigenvalue weighted by atomic mass is 10.2. The second-order valence-corrected chi connectivity index (χ2v) is 14.1. The Labute approximate surface area is 95.1 Å². The van der Waals surface area contributed by atoms with Crippen molar-refractivity contribution < 1.29 is 4.74 Å². The molecular formula is C12H19OPSi. The summed E-state index contributed by atoms with van der Waals surface area (Å²) in [6.07, 6.45) is 0. The van der Waals surface area contributed by atoms with Crippen LogP contribution in [0.25, 0.3) is 0 Å². The Hall–Kier alpha value is -0.433. The van der Waals surface area contributed by atoms with Gasteiger partial charge in [-0.2, -0.15) is 0 Å². The van der Waals surface area contributed by atoms with Gasteiger partial charge >= 0.3 is 0 Å². The molecule has 0 amide bonds. The molecule has 0 spiro atoms. The zero-order chi connectivity index (χ0) is 11.3. The molecule has 15 heavy (non-hydrogen) atoms. The van der Waals surface area contributed by atoms with Crippen molar-refractivity contribution in [1.82, 2.24) is 0 Å². The number of rotatable bonds is 4. The maximum Gasteiger partial charge on any atom is 0.105 e. The standard InChI is InChI=1S/C12H19OPSi/c1-5-13-12(14-15(2,3)4)11-9-7-6-8-10-11/h6-10H,5H2,1-4H3. The smallest absolute Gasteiger partial charge is 0.105 e. The fourth-order valence-corrected chi connectivity index (χ4v) is 4.69. The van der Waals surface area contributed by atoms with Crippen LogP contribution in [0.3, 0.4) is 0 Å². The van der Waals surface area contributed by atoms with Gasteiger partial charge < -0.3 is 4.74 Å². The molecule has 0 aromatic heterocycles. The highest BCUT2D eigenvalue weighted by Crippen LogP contribution is 2.22. The van der Waals surface area contributed by atoms with Crippen molar-refractivity contribution >= 4 is 21.0 Å². The highest BCUT2D eigenvalue weighted by Gasteiger charge is 2.13. The third-order valence-corrected chi connectivity index (χ3v) is 5.62. The van der Waals surface area contributed by atoms with Crippen molar-refractivity contribution in [2.75, 3.05) is 6.61 Å². The van der Waals surface area contributed by atoms with Crippen LogP contribution >= 0.6 is 7.75 Å². The molecule has 1 nitrogen and oxygen atoms in total. The zero-order valence-corrected chi connectivity index (χ0v) is 11.8. The molecule has 0 radical (unpaired) electrons. The van der Waals surface area contributed by atoms with E-state index in [2.05, 4.69) is 43.9 Å². The topological polar surface area (TPSA) is 9.23 Å². The van der Waals surface area contributed by atoms with Gasteiger partial charge in [0.2, 0.25) is 0 Å². The molecule has 0 fully saturated rings. The Morgan fingerprint density at radius 2 is 1.80 bits per heavy atom. The number of ether oxygens (including phenoxy) is 1. The van der Waals surface area contributed by atoms with E-state index in [4.69, 9.17) is 4.74 Å². The molecule has 0 atom stereocenters. The largest absolute Gasteiger partial charge is 0.342 e. The van der Waals surface area contributed by atoms with Crippen molar-refractivity contribution in [3.05, 3.63) is 35.9 Å². The molecule has 82 valence electrons. The van der Waals surface area contributed by atoms with Crippen LogP contribution in [0.5, 0.6) is 0 Å². The molecule has 0 bridgehead atoms. The van der Waals surface area contributed by atoms with E-state index in [0.717, 1.165) is 12.1 Å². The van der Waals surface area contributed by atoms with E-state index < -0.39 is 7.74 Å². The van der Waals surface area contributed by atoms with Gasteiger partial charge in [-0.15, -0.1) is 0 Å². The molecule has 1 aromatic carbocycles. The zero-order valence-electron chi connectivity index (χ0n) is 9.95. The molecular weight excluding hydrogens is 219 g/mol. The maximum absolute atomic E-state index is 5.74. The Morgan fingerprint density at radius 1 is 1.20 bits per heavy atom. The van der Waals surface area contributed by atoms with E-state index in [-0.39, 0.29) is 0 Å². The number of hydrogen-bond donors (Lipinski definition) is 0. The summed E-state index contributed by atoms with van der Waals surface area (Å²) in [6.45, 7) is 9.87. The predicted octanol–water partition coefficient (Wildman–Crippen LogP) is 3.98. The fraction of sp³-hybridized carbons (Fsp3) is 0.417. The van der Waals surface area contributed by atoms with Crippen molar-refractivity contribution in [1.29, 1.82) is 0 Å². The fourth-order valence-electron chi connectivity index (χ4n) is 1.20. The van der Waals surface area contributed by atoms with Crippen LogP contribution in [0.2, 0.25) is 19.6 Å². The lowest BCUT2D eigenvalue weighted by Crippen LogP contribution is -2.14. The lowest BCUT2D eigenvalue weighted by molar-refractivity contribution is 0.337. The van der Waals surface area contributed by atoms with E-state index in [1.165, 1.54) is 13.3 Å². The minimum atomic E-state index is -1.13. The molecule has 0 saturated carbocycles. The van der Waals surface area contributed by atoms with Crippen molar-refractivity contribution in [2.45, 2.75) is 26.6 Å². The second-order valence-electron chi connectivity index (χ2n) is 4.39. The minimum Gasteiger partial charge on any atom is -0.342 e. The summed E-state index contributed by atoms with van der Waals surface area (Å²) in [5, 5.41) is 0. The van der Waals surface area contributed by atoms with Crippen LogP contribution in [0.4, 0.5) is 0 Å². The Balaban J connectivity index is 2.99. The summed E-state index contributed by atoms with van der Waals surface area (Å²) in [7, 11) is 0.251. The third-order valence-electron chi connectivity index (χ3n) is 1.74. The van der Waals surface area contributed by atoms with Gasteiger partial charge in [0, 0.05) is 5.56 Å². The summed E-state index contributed by atoms with van der Waals surface area (Å²) in [6, 6.07) is 10.4. The summed E-state index contributed by atoms with van der Waals surface area (Å²) in [5.41, 5.74) is 2.36. The molecule has 1 rings (SSSR count). The van der Waals surface area contributed by atoms with E-state index in [1.54, 1.807) is 0 Å². The Kier molecular flexibility index (Phi) is 4.71. The van der Waals surface area contributed by atoms with Gasteiger partial charge in [0.1, 0.15) is 7.74 Å². The van der Waals surface area contributed by atoms with Gasteiger partial charge in [0.05, 0.1) is 12.1 Å². The Morgan fingerprint density at radius 3 is 2.27 bits per heavy atom. The summed E-state index contributed by atoms with van der Waals surface area (Å²) < 4.78 is 5.74. The molecule has 0 heterocycles. The first kappa shape index (κ1) is 12.6. The van der Waals surface area contributed by atoms with Gasteiger partial charge in [0.15, 0.2) is 0 Å². The summed E-state index contributed by atoms with van der Waals surface area (Å²) in [5.74, 6) is 0. The van der Waals surface area contributed by atoms with E-state index in [9.17, 15) is 0 Å². The minimum absolute atomic E-state index is 0.752. The molecule has 0 unspecified atom stereocenters. The van der Waals surface area contributed by atoms with Crippen LogP contribution in [0.1, 0.15) is 12.5 Å². The van der Waals surface area contributed by atoms with Gasteiger partial charge in [-0.05, 0) is 6.92 Å². The van der Waals surface area contributed by atoms with Crippen LogP contribution in [-0.2, 0) is 4.74 Å². The van der Waals surface area contributed by atoms with Crippen molar-refractivity contribution in [3.8, 4) is 0 Å². The third kappa shape index (κ3) is 4.74. The monoisotopic (exact) mass is 238 g/mol. The van der Waals surface area contributed by atoms with Crippen molar-refractivity contribution in [3.63, 3.8) is 0 Å². The number of hydrogen-bond acceptors (Lipinski definition) is 1. The van der Waals surface area contributed by atoms with Crippen LogP contribution in [-0.4, -0.2) is 19.8 Å². The summed E-state index contributed by atoms with van der Waals surface area (Å²) >= 11 is 0. The first-order valence-electron chi connectivity index (χ1n) is 5.31. The average Bonchev–Trinajstić information content (AvgIpc) is 2.17. The van der Waals surface area contributed by atoms with Gasteiger partial charge in [-0.1, -0.05) is 57.7 Å². The second kappa shape index (κ2) is 5.60. The van der Waals surface area contributed by atoms with E-state index in [1.807, 2.05) is 13.0 Å². The van der Waals surface area contributed by atoms with Gasteiger partial charge in [-0.3, -0.25) is 0 Å². The van der Waals surface area contributed by atoms with Crippen LogP contribution in [0.15, 0.2) is 30.3 Å². The maximum atomic E-state index is 5.74. The van der Waals surface area contributed by atoms with E-state index in [0.29, 0.717) is 0 Å². The first-order valence-corrected chi connectivity index (χ1v) is 10.5. The lowest BCUT2D eigenvalue weighted by Gasteiger charge is -2.13. The van der Waals surface area contributed by atoms with E-state index >= 15 is 0 Å². The van der Waals surface area contributed by atoms with Gasteiger partial charge in [0.25, 0.3) is 0 Å². The normalized spacial score (nSPS) is 12.9. The SMILES string of the molecule is CCOC(=P[Si](C)(C)C)c1ccccc1. The summed E-state index contributed by atoms with van der Waals surface area (Å²) in [4.78, 5) is 0. The molecule has 0 aliphatic heterocycles. The number of benzene rings is 1. The highest BCUT2D eigenvalue weighted by molar-refractivity contribution is 7.81. The molecule has 3 heteroatoms.